The van der Waals surface area contributed by atoms with E-state index in [9.17, 15) is 9.13 Å². The van der Waals surface area contributed by atoms with Crippen molar-refractivity contribution in [2.45, 2.75) is 50.0 Å². The first-order valence-corrected chi connectivity index (χ1v) is 8.81. The number of rotatable bonds is 5. The van der Waals surface area contributed by atoms with Crippen LogP contribution in [0.15, 0.2) is 0 Å². The average molecular weight is 284 g/mol. The lowest BCUT2D eigenvalue weighted by molar-refractivity contribution is 0.358. The van der Waals surface area contributed by atoms with E-state index < -0.39 is 21.0 Å². The number of hydrogen-bond donors (Lipinski definition) is 4. The standard InChI is InChI=1S/C9H19NO5P2/c11-16(12)9(17(13,14)15)7-10-8-5-3-1-2-4-6-8/h8-10H,1-7H2,(H2-,11,12,13,14,15)/p+1. The average Bonchev–Trinajstić information content (AvgIpc) is 2.43. The van der Waals surface area contributed by atoms with Crippen LogP contribution in [0.3, 0.4) is 0 Å². The van der Waals surface area contributed by atoms with Gasteiger partial charge in [-0.05, 0) is 17.4 Å². The quantitative estimate of drug-likeness (QED) is 0.450. The lowest BCUT2D eigenvalue weighted by Gasteiger charge is -2.17. The number of hydrogen-bond acceptors (Lipinski definition) is 3. The Bertz CT molecular complexity index is 298. The van der Waals surface area contributed by atoms with Crippen LogP contribution in [0, 0.1) is 0 Å². The number of nitrogens with one attached hydrogen (secondary N) is 1. The molecule has 0 spiro atoms. The van der Waals surface area contributed by atoms with Gasteiger partial charge in [0.05, 0.1) is 6.54 Å². The van der Waals surface area contributed by atoms with Gasteiger partial charge in [0, 0.05) is 6.04 Å². The highest BCUT2D eigenvalue weighted by Crippen LogP contribution is 2.51. The predicted molar refractivity (Wildman–Crippen MR) is 65.2 cm³/mol. The van der Waals surface area contributed by atoms with Crippen LogP contribution in [0.1, 0.15) is 38.5 Å². The fourth-order valence-electron chi connectivity index (χ4n) is 2.08. The van der Waals surface area contributed by atoms with E-state index in [1.54, 1.807) is 0 Å². The lowest BCUT2D eigenvalue weighted by Crippen LogP contribution is -2.34. The second-order valence-corrected chi connectivity index (χ2v) is 7.91. The van der Waals surface area contributed by atoms with Crippen molar-refractivity contribution in [3.63, 3.8) is 0 Å². The molecule has 1 rings (SSSR count). The van der Waals surface area contributed by atoms with E-state index >= 15 is 0 Å². The highest BCUT2D eigenvalue weighted by atomic mass is 31.2. The van der Waals surface area contributed by atoms with Crippen LogP contribution in [0.5, 0.6) is 0 Å². The van der Waals surface area contributed by atoms with Crippen LogP contribution in [0.25, 0.3) is 0 Å². The summed E-state index contributed by atoms with van der Waals surface area (Å²) in [7, 11) is -7.37. The molecular formula is C9H20NO5P2+. The van der Waals surface area contributed by atoms with E-state index in [-0.39, 0.29) is 12.6 Å². The van der Waals surface area contributed by atoms with Crippen molar-refractivity contribution >= 4 is 15.6 Å². The fraction of sp³-hybridized carbons (Fsp3) is 1.00. The molecule has 2 unspecified atom stereocenters. The minimum absolute atomic E-state index is 0.0966. The SMILES string of the molecule is O=[P+](O)C(CNC1CCCCCC1)P(=O)(O)O. The van der Waals surface area contributed by atoms with E-state index in [0.717, 1.165) is 25.7 Å². The Morgan fingerprint density at radius 3 is 2.18 bits per heavy atom. The summed E-state index contributed by atoms with van der Waals surface area (Å²) in [5, 5.41) is 1.53. The molecule has 4 N–H and O–H groups in total. The Morgan fingerprint density at radius 2 is 1.76 bits per heavy atom. The maximum atomic E-state index is 11.0. The van der Waals surface area contributed by atoms with Crippen LogP contribution in [0.2, 0.25) is 0 Å². The zero-order chi connectivity index (χ0) is 12.9. The van der Waals surface area contributed by atoms with Crippen molar-refractivity contribution in [3.8, 4) is 0 Å². The van der Waals surface area contributed by atoms with E-state index in [2.05, 4.69) is 5.32 Å². The second kappa shape index (κ2) is 6.93. The Labute approximate surface area is 102 Å². The first kappa shape index (κ1) is 15.2. The Morgan fingerprint density at radius 1 is 1.24 bits per heavy atom. The monoisotopic (exact) mass is 284 g/mol. The molecule has 100 valence electrons. The van der Waals surface area contributed by atoms with Gasteiger partial charge < -0.3 is 15.1 Å². The van der Waals surface area contributed by atoms with Crippen molar-refractivity contribution in [2.24, 2.45) is 0 Å². The molecule has 8 heteroatoms. The third-order valence-corrected chi connectivity index (χ3v) is 6.23. The first-order chi connectivity index (χ1) is 7.91. The largest absolute Gasteiger partial charge is 0.523 e. The first-order valence-electron chi connectivity index (χ1n) is 5.85. The molecule has 0 amide bonds. The summed E-state index contributed by atoms with van der Waals surface area (Å²) in [6.07, 6.45) is 6.52. The Balaban J connectivity index is 2.46. The summed E-state index contributed by atoms with van der Waals surface area (Å²) >= 11 is 0. The molecule has 17 heavy (non-hydrogen) atoms. The lowest BCUT2D eigenvalue weighted by atomic mass is 10.1. The molecule has 0 aromatic heterocycles. The molecule has 0 radical (unpaired) electrons. The van der Waals surface area contributed by atoms with Crippen LogP contribution in [-0.4, -0.2) is 32.7 Å². The third-order valence-electron chi connectivity index (χ3n) is 3.09. The molecule has 0 aliphatic heterocycles. The van der Waals surface area contributed by atoms with Gasteiger partial charge in [-0.3, -0.25) is 4.57 Å². The van der Waals surface area contributed by atoms with Crippen molar-refractivity contribution in [2.75, 3.05) is 6.54 Å². The van der Waals surface area contributed by atoms with E-state index in [0.29, 0.717) is 0 Å². The Hall–Kier alpha value is 0.170. The molecule has 1 aliphatic carbocycles. The molecule has 0 aromatic carbocycles. The predicted octanol–water partition coefficient (Wildman–Crippen LogP) is 1.54. The van der Waals surface area contributed by atoms with Crippen LogP contribution >= 0.6 is 15.6 Å². The van der Waals surface area contributed by atoms with E-state index in [1.807, 2.05) is 0 Å². The van der Waals surface area contributed by atoms with Crippen molar-refractivity contribution in [1.29, 1.82) is 0 Å². The maximum absolute atomic E-state index is 11.0. The third kappa shape index (κ3) is 5.56. The summed E-state index contributed by atoms with van der Waals surface area (Å²) in [4.78, 5) is 26.8. The topological polar surface area (TPSA) is 107 Å². The highest BCUT2D eigenvalue weighted by molar-refractivity contribution is 7.65. The molecular weight excluding hydrogens is 264 g/mol. The van der Waals surface area contributed by atoms with Gasteiger partial charge in [0.2, 0.25) is 0 Å². The molecule has 1 fully saturated rings. The zero-order valence-electron chi connectivity index (χ0n) is 9.66. The molecule has 1 aliphatic rings. The van der Waals surface area contributed by atoms with E-state index in [4.69, 9.17) is 14.7 Å². The molecule has 6 nitrogen and oxygen atoms in total. The highest BCUT2D eigenvalue weighted by Gasteiger charge is 2.45. The van der Waals surface area contributed by atoms with Gasteiger partial charge in [-0.2, -0.15) is 4.89 Å². The summed E-state index contributed by atoms with van der Waals surface area (Å²) in [5.41, 5.74) is 0. The molecule has 0 saturated heterocycles. The van der Waals surface area contributed by atoms with Crippen molar-refractivity contribution in [1.82, 2.24) is 5.32 Å². The van der Waals surface area contributed by atoms with Gasteiger partial charge in [0.15, 0.2) is 0 Å². The zero-order valence-corrected chi connectivity index (χ0v) is 11.4. The Kier molecular flexibility index (Phi) is 6.21. The fourth-order valence-corrected chi connectivity index (χ4v) is 3.72. The summed E-state index contributed by atoms with van der Waals surface area (Å²) < 4.78 is 21.9. The molecule has 0 aromatic rings. The molecule has 2 atom stereocenters. The molecule has 1 saturated carbocycles. The molecule has 0 bridgehead atoms. The van der Waals surface area contributed by atoms with Gasteiger partial charge in [0.25, 0.3) is 5.40 Å². The maximum Gasteiger partial charge on any atom is 0.523 e. The normalized spacial score (nSPS) is 21.9. The van der Waals surface area contributed by atoms with Crippen LogP contribution < -0.4 is 5.32 Å². The molecule has 0 heterocycles. The smallest absolute Gasteiger partial charge is 0.321 e. The second-order valence-electron chi connectivity index (χ2n) is 4.47. The summed E-state index contributed by atoms with van der Waals surface area (Å²) in [6, 6.07) is 0.210. The summed E-state index contributed by atoms with van der Waals surface area (Å²) in [5.74, 6) is 0. The van der Waals surface area contributed by atoms with Gasteiger partial charge in [-0.25, -0.2) is 0 Å². The van der Waals surface area contributed by atoms with E-state index in [1.165, 1.54) is 12.8 Å². The van der Waals surface area contributed by atoms with Gasteiger partial charge in [-0.1, -0.05) is 25.7 Å². The van der Waals surface area contributed by atoms with Gasteiger partial charge in [-0.15, -0.1) is 0 Å². The van der Waals surface area contributed by atoms with Crippen LogP contribution in [-0.2, 0) is 9.13 Å². The minimum Gasteiger partial charge on any atom is -0.321 e. The summed E-state index contributed by atoms with van der Waals surface area (Å²) in [6.45, 7) is -0.0966. The van der Waals surface area contributed by atoms with Crippen LogP contribution in [0.4, 0.5) is 0 Å². The van der Waals surface area contributed by atoms with Gasteiger partial charge in [0.1, 0.15) is 0 Å². The van der Waals surface area contributed by atoms with Gasteiger partial charge >= 0.3 is 15.6 Å². The van der Waals surface area contributed by atoms with Crippen molar-refractivity contribution < 1.29 is 23.8 Å². The minimum atomic E-state index is -4.51. The van der Waals surface area contributed by atoms with Crippen molar-refractivity contribution in [3.05, 3.63) is 0 Å².